The quantitative estimate of drug-likeness (QED) is 0.609. The van der Waals surface area contributed by atoms with Crippen LogP contribution in [0.15, 0.2) is 0 Å². The molecular formula is C6H8Br2O. The van der Waals surface area contributed by atoms with Gasteiger partial charge in [0.2, 0.25) is 0 Å². The van der Waals surface area contributed by atoms with E-state index >= 15 is 0 Å². The van der Waals surface area contributed by atoms with Gasteiger partial charge in [-0.05, 0) is 12.8 Å². The predicted molar refractivity (Wildman–Crippen MR) is 44.1 cm³/mol. The van der Waals surface area contributed by atoms with Gasteiger partial charge in [-0.15, -0.1) is 0 Å². The van der Waals surface area contributed by atoms with Crippen LogP contribution in [0.5, 0.6) is 0 Å². The monoisotopic (exact) mass is 254 g/mol. The summed E-state index contributed by atoms with van der Waals surface area (Å²) in [5, 5.41) is 0. The molecule has 0 unspecified atom stereocenters. The molecule has 0 amide bonds. The summed E-state index contributed by atoms with van der Waals surface area (Å²) >= 11 is 6.97. The average molecular weight is 256 g/mol. The molecule has 1 saturated carbocycles. The van der Waals surface area contributed by atoms with Gasteiger partial charge in [0.25, 0.3) is 0 Å². The lowest BCUT2D eigenvalue weighted by Gasteiger charge is -2.23. The van der Waals surface area contributed by atoms with E-state index in [2.05, 4.69) is 31.9 Å². The van der Waals surface area contributed by atoms with E-state index in [1.807, 2.05) is 0 Å². The maximum Gasteiger partial charge on any atom is 0.133 e. The van der Waals surface area contributed by atoms with E-state index in [0.29, 0.717) is 5.78 Å². The van der Waals surface area contributed by atoms with Crippen LogP contribution in [0, 0.1) is 0 Å². The first-order valence-corrected chi connectivity index (χ1v) is 4.58. The zero-order valence-corrected chi connectivity index (χ0v) is 8.16. The van der Waals surface area contributed by atoms with Crippen LogP contribution in [0.25, 0.3) is 0 Å². The van der Waals surface area contributed by atoms with Gasteiger partial charge in [-0.2, -0.15) is 0 Å². The third-order valence-electron chi connectivity index (χ3n) is 1.54. The first kappa shape index (κ1) is 7.73. The molecule has 0 aromatic carbocycles. The van der Waals surface area contributed by atoms with Crippen molar-refractivity contribution in [2.45, 2.75) is 28.9 Å². The van der Waals surface area contributed by atoms with Crippen molar-refractivity contribution in [3.63, 3.8) is 0 Å². The van der Waals surface area contributed by atoms with Gasteiger partial charge in [-0.25, -0.2) is 0 Å². The summed E-state index contributed by atoms with van der Waals surface area (Å²) in [5.74, 6) is 0.393. The molecule has 3 heteroatoms. The lowest BCUT2D eigenvalue weighted by Crippen LogP contribution is -2.20. The molecule has 0 aromatic rings. The minimum Gasteiger partial charge on any atom is -0.300 e. The number of halogens is 2. The summed E-state index contributed by atoms with van der Waals surface area (Å²) in [7, 11) is 0. The molecule has 0 bridgehead atoms. The number of hydrogen-bond donors (Lipinski definition) is 0. The molecule has 1 fully saturated rings. The van der Waals surface area contributed by atoms with Crippen LogP contribution >= 0.6 is 31.9 Å². The molecule has 9 heavy (non-hydrogen) atoms. The topological polar surface area (TPSA) is 17.1 Å². The van der Waals surface area contributed by atoms with Crippen LogP contribution in [0.1, 0.15) is 25.7 Å². The Bertz CT molecular complexity index is 119. The summed E-state index contributed by atoms with van der Waals surface area (Å²) in [6, 6.07) is 0. The molecule has 0 saturated heterocycles. The summed E-state index contributed by atoms with van der Waals surface area (Å²) in [6.07, 6.45) is 3.28. The van der Waals surface area contributed by atoms with Gasteiger partial charge < -0.3 is 0 Å². The largest absolute Gasteiger partial charge is 0.300 e. The molecular weight excluding hydrogens is 248 g/mol. The van der Waals surface area contributed by atoms with Crippen LogP contribution in [0.2, 0.25) is 0 Å². The maximum absolute atomic E-state index is 10.7. The van der Waals surface area contributed by atoms with E-state index < -0.39 is 0 Å². The zero-order valence-electron chi connectivity index (χ0n) is 4.99. The Morgan fingerprint density at radius 1 is 1.22 bits per heavy atom. The Hall–Kier alpha value is 0.630. The number of rotatable bonds is 0. The highest BCUT2D eigenvalue weighted by molar-refractivity contribution is 9.25. The highest BCUT2D eigenvalue weighted by Gasteiger charge is 2.28. The molecule has 52 valence electrons. The molecule has 1 aliphatic carbocycles. The van der Waals surface area contributed by atoms with Gasteiger partial charge in [0.15, 0.2) is 0 Å². The second kappa shape index (κ2) is 2.70. The van der Waals surface area contributed by atoms with Crippen molar-refractivity contribution < 1.29 is 4.79 Å². The Balaban J connectivity index is 2.44. The van der Waals surface area contributed by atoms with Crippen LogP contribution in [-0.2, 0) is 4.79 Å². The molecule has 0 radical (unpaired) electrons. The summed E-state index contributed by atoms with van der Waals surface area (Å²) in [4.78, 5) is 10.7. The first-order valence-electron chi connectivity index (χ1n) is 3.00. The summed E-state index contributed by atoms with van der Waals surface area (Å²) < 4.78 is 0.0634. The lowest BCUT2D eigenvalue weighted by molar-refractivity contribution is -0.120. The maximum atomic E-state index is 10.7. The van der Waals surface area contributed by atoms with E-state index in [1.165, 1.54) is 0 Å². The van der Waals surface area contributed by atoms with E-state index in [0.717, 1.165) is 25.7 Å². The number of alkyl halides is 2. The Labute approximate surface area is 71.5 Å². The van der Waals surface area contributed by atoms with Crippen molar-refractivity contribution in [1.29, 1.82) is 0 Å². The Morgan fingerprint density at radius 3 is 2.00 bits per heavy atom. The van der Waals surface area contributed by atoms with Gasteiger partial charge in [-0.3, -0.25) is 4.79 Å². The van der Waals surface area contributed by atoms with Crippen molar-refractivity contribution >= 4 is 37.6 Å². The van der Waals surface area contributed by atoms with Gasteiger partial charge in [0, 0.05) is 12.8 Å². The summed E-state index contributed by atoms with van der Waals surface area (Å²) in [6.45, 7) is 0. The van der Waals surface area contributed by atoms with Crippen LogP contribution < -0.4 is 0 Å². The molecule has 0 heterocycles. The fourth-order valence-corrected chi connectivity index (χ4v) is 1.69. The third-order valence-corrected chi connectivity index (χ3v) is 3.13. The minimum atomic E-state index is 0.0634. The predicted octanol–water partition coefficient (Wildman–Crippen LogP) is 2.62. The van der Waals surface area contributed by atoms with Crippen molar-refractivity contribution in [2.75, 3.05) is 0 Å². The fraction of sp³-hybridized carbons (Fsp3) is 0.833. The molecule has 0 aromatic heterocycles. The lowest BCUT2D eigenvalue weighted by atomic mass is 9.99. The molecule has 0 N–H and O–H groups in total. The standard InChI is InChI=1S/C6H8Br2O/c7-6(8)3-1-5(9)2-4-6/h1-4H2. The smallest absolute Gasteiger partial charge is 0.133 e. The van der Waals surface area contributed by atoms with Gasteiger partial charge in [0.05, 0.1) is 3.23 Å². The molecule has 1 aliphatic rings. The number of hydrogen-bond acceptors (Lipinski definition) is 1. The molecule has 1 rings (SSSR count). The van der Waals surface area contributed by atoms with E-state index in [-0.39, 0.29) is 3.23 Å². The normalized spacial score (nSPS) is 26.2. The molecule has 1 nitrogen and oxygen atoms in total. The second-order valence-corrected chi connectivity index (χ2v) is 6.49. The molecule has 0 spiro atoms. The van der Waals surface area contributed by atoms with Crippen LogP contribution in [0.4, 0.5) is 0 Å². The van der Waals surface area contributed by atoms with E-state index in [4.69, 9.17) is 0 Å². The van der Waals surface area contributed by atoms with Crippen molar-refractivity contribution in [1.82, 2.24) is 0 Å². The zero-order chi connectivity index (χ0) is 6.91. The summed E-state index contributed by atoms with van der Waals surface area (Å²) in [5.41, 5.74) is 0. The number of Topliss-reactive ketones (excluding diaryl/α,β-unsaturated/α-hetero) is 1. The highest BCUT2D eigenvalue weighted by atomic mass is 79.9. The van der Waals surface area contributed by atoms with Crippen LogP contribution in [0.3, 0.4) is 0 Å². The first-order chi connectivity index (χ1) is 4.10. The number of ketones is 1. The SMILES string of the molecule is O=C1CCC(Br)(Br)CC1. The average Bonchev–Trinajstić information content (AvgIpc) is 1.78. The van der Waals surface area contributed by atoms with Gasteiger partial charge in [-0.1, -0.05) is 31.9 Å². The third kappa shape index (κ3) is 2.38. The van der Waals surface area contributed by atoms with E-state index in [1.54, 1.807) is 0 Å². The fourth-order valence-electron chi connectivity index (χ4n) is 0.895. The molecule has 0 atom stereocenters. The highest BCUT2D eigenvalue weighted by Crippen LogP contribution is 2.39. The second-order valence-electron chi connectivity index (χ2n) is 2.39. The number of carbonyl (C=O) groups is 1. The Morgan fingerprint density at radius 2 is 1.67 bits per heavy atom. The van der Waals surface area contributed by atoms with Crippen molar-refractivity contribution in [2.24, 2.45) is 0 Å². The van der Waals surface area contributed by atoms with Crippen molar-refractivity contribution in [3.8, 4) is 0 Å². The minimum absolute atomic E-state index is 0.0634. The number of carbonyl (C=O) groups excluding carboxylic acids is 1. The van der Waals surface area contributed by atoms with Crippen LogP contribution in [-0.4, -0.2) is 9.02 Å². The molecule has 0 aliphatic heterocycles. The van der Waals surface area contributed by atoms with Gasteiger partial charge in [0.1, 0.15) is 5.78 Å². The van der Waals surface area contributed by atoms with Gasteiger partial charge >= 0.3 is 0 Å². The van der Waals surface area contributed by atoms with Crippen molar-refractivity contribution in [3.05, 3.63) is 0 Å². The van der Waals surface area contributed by atoms with E-state index in [9.17, 15) is 4.79 Å². The Kier molecular flexibility index (Phi) is 2.32.